The van der Waals surface area contributed by atoms with E-state index < -0.39 is 11.5 Å². The Hall–Kier alpha value is -4.01. The number of carboxylic acids is 1. The predicted octanol–water partition coefficient (Wildman–Crippen LogP) is 7.43. The normalized spacial score (nSPS) is 14.6. The first-order chi connectivity index (χ1) is 20.0. The third-order valence-electron chi connectivity index (χ3n) is 7.68. The van der Waals surface area contributed by atoms with Crippen LogP contribution in [-0.4, -0.2) is 44.8 Å². The number of anilines is 1. The van der Waals surface area contributed by atoms with Crippen LogP contribution >= 0.6 is 11.6 Å². The van der Waals surface area contributed by atoms with Crippen molar-refractivity contribution in [2.24, 2.45) is 0 Å². The van der Waals surface area contributed by atoms with Crippen LogP contribution < -0.4 is 5.32 Å². The standard InChI is InChI=1S/C33H34ClFN4O3/c1-33(2,3)39-30(23-8-10-26(35)11-9-23)28(19-36-39)31(40)37-27-12-13-29(34)25(18-27)20-38-16-14-22(15-17-38)21-4-6-24(7-5-21)32(41)42/h4-13,18-19,22H,14-17,20H2,1-3H3,(H,37,40)(H,41,42). The molecule has 0 aliphatic carbocycles. The Kier molecular flexibility index (Phi) is 8.48. The highest BCUT2D eigenvalue weighted by Crippen LogP contribution is 2.32. The van der Waals surface area contributed by atoms with Crippen LogP contribution in [0.2, 0.25) is 5.02 Å². The van der Waals surface area contributed by atoms with E-state index in [0.29, 0.717) is 45.6 Å². The third kappa shape index (κ3) is 6.55. The highest BCUT2D eigenvalue weighted by atomic mass is 35.5. The Labute approximate surface area is 249 Å². The van der Waals surface area contributed by atoms with Gasteiger partial charge in [0.25, 0.3) is 5.91 Å². The molecule has 0 atom stereocenters. The van der Waals surface area contributed by atoms with Crippen LogP contribution in [0.5, 0.6) is 0 Å². The van der Waals surface area contributed by atoms with E-state index in [-0.39, 0.29) is 11.7 Å². The molecule has 9 heteroatoms. The SMILES string of the molecule is CC(C)(C)n1ncc(C(=O)Nc2ccc(Cl)c(CN3CCC(c4ccc(C(=O)O)cc4)CC3)c2)c1-c1ccc(F)cc1. The molecule has 1 saturated heterocycles. The zero-order chi connectivity index (χ0) is 30.0. The molecule has 3 aromatic carbocycles. The summed E-state index contributed by atoms with van der Waals surface area (Å²) in [5.41, 5.74) is 4.33. The van der Waals surface area contributed by atoms with Crippen molar-refractivity contribution in [3.63, 3.8) is 0 Å². The summed E-state index contributed by atoms with van der Waals surface area (Å²) in [4.78, 5) is 27.0. The average Bonchev–Trinajstić information content (AvgIpc) is 3.42. The smallest absolute Gasteiger partial charge is 0.335 e. The molecule has 1 aliphatic heterocycles. The molecule has 2 N–H and O–H groups in total. The number of likely N-dealkylation sites (tertiary alicyclic amines) is 1. The zero-order valence-electron chi connectivity index (χ0n) is 23.9. The summed E-state index contributed by atoms with van der Waals surface area (Å²) in [7, 11) is 0. The van der Waals surface area contributed by atoms with Gasteiger partial charge in [-0.3, -0.25) is 14.4 Å². The van der Waals surface area contributed by atoms with E-state index in [9.17, 15) is 14.0 Å². The maximum atomic E-state index is 13.6. The molecule has 1 fully saturated rings. The van der Waals surface area contributed by atoms with E-state index in [1.807, 2.05) is 39.0 Å². The second-order valence-electron chi connectivity index (χ2n) is 11.7. The summed E-state index contributed by atoms with van der Waals surface area (Å²) in [6.45, 7) is 8.40. The molecule has 0 spiro atoms. The van der Waals surface area contributed by atoms with E-state index in [1.165, 1.54) is 12.1 Å². The highest BCUT2D eigenvalue weighted by Gasteiger charge is 2.26. The topological polar surface area (TPSA) is 87.5 Å². The number of carbonyl (C=O) groups is 2. The number of carboxylic acid groups (broad SMARTS) is 1. The van der Waals surface area contributed by atoms with Gasteiger partial charge >= 0.3 is 5.97 Å². The number of nitrogens with one attached hydrogen (secondary N) is 1. The number of halogens is 2. The van der Waals surface area contributed by atoms with Crippen LogP contribution in [0.25, 0.3) is 11.3 Å². The Morgan fingerprint density at radius 2 is 1.69 bits per heavy atom. The van der Waals surface area contributed by atoms with Crippen LogP contribution in [0.1, 0.15) is 71.4 Å². The summed E-state index contributed by atoms with van der Waals surface area (Å²) in [6, 6.07) is 18.7. The number of amides is 1. The number of piperidine rings is 1. The van der Waals surface area contributed by atoms with Gasteiger partial charge < -0.3 is 10.4 Å². The molecular weight excluding hydrogens is 555 g/mol. The number of aromatic nitrogens is 2. The minimum Gasteiger partial charge on any atom is -0.478 e. The molecule has 2 heterocycles. The van der Waals surface area contributed by atoms with Crippen LogP contribution in [0, 0.1) is 5.82 Å². The summed E-state index contributed by atoms with van der Waals surface area (Å²) in [6.07, 6.45) is 3.48. The molecule has 7 nitrogen and oxygen atoms in total. The Bertz CT molecular complexity index is 1590. The summed E-state index contributed by atoms with van der Waals surface area (Å²) >= 11 is 6.57. The Morgan fingerprint density at radius 3 is 2.31 bits per heavy atom. The second kappa shape index (κ2) is 12.1. The molecule has 218 valence electrons. The number of rotatable bonds is 7. The summed E-state index contributed by atoms with van der Waals surface area (Å²) < 4.78 is 15.4. The molecule has 5 rings (SSSR count). The van der Waals surface area contributed by atoms with Crippen LogP contribution in [0.3, 0.4) is 0 Å². The fourth-order valence-electron chi connectivity index (χ4n) is 5.44. The lowest BCUT2D eigenvalue weighted by Gasteiger charge is -2.32. The molecular formula is C33H34ClFN4O3. The van der Waals surface area contributed by atoms with E-state index in [4.69, 9.17) is 16.7 Å². The Balaban J connectivity index is 1.28. The lowest BCUT2D eigenvalue weighted by Crippen LogP contribution is -2.32. The van der Waals surface area contributed by atoms with Crippen molar-refractivity contribution < 1.29 is 19.1 Å². The molecule has 0 bridgehead atoms. The maximum Gasteiger partial charge on any atom is 0.335 e. The van der Waals surface area contributed by atoms with Gasteiger partial charge in [-0.1, -0.05) is 23.7 Å². The number of carbonyl (C=O) groups excluding carboxylic acids is 1. The van der Waals surface area contributed by atoms with E-state index >= 15 is 0 Å². The van der Waals surface area contributed by atoms with Gasteiger partial charge in [0.05, 0.1) is 28.6 Å². The van der Waals surface area contributed by atoms with Gasteiger partial charge in [-0.15, -0.1) is 0 Å². The van der Waals surface area contributed by atoms with Crippen LogP contribution in [0.15, 0.2) is 72.9 Å². The molecule has 42 heavy (non-hydrogen) atoms. The molecule has 0 radical (unpaired) electrons. The van der Waals surface area contributed by atoms with Gasteiger partial charge in [-0.05, 0) is 118 Å². The van der Waals surface area contributed by atoms with E-state index in [0.717, 1.165) is 37.1 Å². The number of nitrogens with zero attached hydrogens (tertiary/aromatic N) is 3. The van der Waals surface area contributed by atoms with Crippen molar-refractivity contribution in [2.75, 3.05) is 18.4 Å². The van der Waals surface area contributed by atoms with Gasteiger partial charge in [0.2, 0.25) is 0 Å². The fourth-order valence-corrected chi connectivity index (χ4v) is 5.62. The first kappa shape index (κ1) is 29.5. The molecule has 1 aromatic heterocycles. The van der Waals surface area contributed by atoms with Crippen molar-refractivity contribution in [3.05, 3.63) is 106 Å². The first-order valence-corrected chi connectivity index (χ1v) is 14.4. The van der Waals surface area contributed by atoms with Crippen LogP contribution in [-0.2, 0) is 12.1 Å². The molecule has 1 amide bonds. The molecule has 4 aromatic rings. The van der Waals surface area contributed by atoms with Crippen molar-refractivity contribution in [2.45, 2.75) is 51.6 Å². The lowest BCUT2D eigenvalue weighted by molar-refractivity contribution is 0.0696. The summed E-state index contributed by atoms with van der Waals surface area (Å²) in [5.74, 6) is -1.19. The van der Waals surface area contributed by atoms with Gasteiger partial charge in [0, 0.05) is 22.8 Å². The quantitative estimate of drug-likeness (QED) is 0.234. The van der Waals surface area contributed by atoms with Gasteiger partial charge in [-0.25, -0.2) is 9.18 Å². The van der Waals surface area contributed by atoms with E-state index in [2.05, 4.69) is 15.3 Å². The van der Waals surface area contributed by atoms with Crippen molar-refractivity contribution >= 4 is 29.2 Å². The number of hydrogen-bond acceptors (Lipinski definition) is 4. The largest absolute Gasteiger partial charge is 0.478 e. The zero-order valence-corrected chi connectivity index (χ0v) is 24.7. The van der Waals surface area contributed by atoms with Crippen LogP contribution in [0.4, 0.5) is 10.1 Å². The van der Waals surface area contributed by atoms with Crippen molar-refractivity contribution in [1.29, 1.82) is 0 Å². The molecule has 1 aliphatic rings. The molecule has 0 saturated carbocycles. The third-order valence-corrected chi connectivity index (χ3v) is 8.05. The van der Waals surface area contributed by atoms with Gasteiger partial charge in [0.1, 0.15) is 5.82 Å². The van der Waals surface area contributed by atoms with Crippen molar-refractivity contribution in [1.82, 2.24) is 14.7 Å². The minimum atomic E-state index is -0.917. The maximum absolute atomic E-state index is 13.6. The van der Waals surface area contributed by atoms with E-state index in [1.54, 1.807) is 47.3 Å². The van der Waals surface area contributed by atoms with Crippen molar-refractivity contribution in [3.8, 4) is 11.3 Å². The predicted molar refractivity (Wildman–Crippen MR) is 163 cm³/mol. The monoisotopic (exact) mass is 588 g/mol. The second-order valence-corrected chi connectivity index (χ2v) is 12.1. The van der Waals surface area contributed by atoms with Gasteiger partial charge in [-0.2, -0.15) is 5.10 Å². The number of hydrogen-bond donors (Lipinski definition) is 2. The lowest BCUT2D eigenvalue weighted by atomic mass is 9.89. The summed E-state index contributed by atoms with van der Waals surface area (Å²) in [5, 5.41) is 17.3. The minimum absolute atomic E-state index is 0.299. The fraction of sp³-hybridized carbons (Fsp3) is 0.303. The molecule has 0 unspecified atom stereocenters. The van der Waals surface area contributed by atoms with Gasteiger partial charge in [0.15, 0.2) is 0 Å². The average molecular weight is 589 g/mol. The highest BCUT2D eigenvalue weighted by molar-refractivity contribution is 6.31. The Morgan fingerprint density at radius 1 is 1.02 bits per heavy atom. The number of benzene rings is 3. The first-order valence-electron chi connectivity index (χ1n) is 14.0. The number of aromatic carboxylic acids is 1.